The first-order valence-electron chi connectivity index (χ1n) is 6.36. The Labute approximate surface area is 118 Å². The van der Waals surface area contributed by atoms with Crippen molar-refractivity contribution in [2.45, 2.75) is 13.5 Å². The van der Waals surface area contributed by atoms with Gasteiger partial charge in [-0.25, -0.2) is 4.98 Å². The number of nitriles is 1. The van der Waals surface area contributed by atoms with E-state index in [-0.39, 0.29) is 0 Å². The summed E-state index contributed by atoms with van der Waals surface area (Å²) in [5.41, 5.74) is 2.66. The zero-order valence-electron chi connectivity index (χ0n) is 11.9. The lowest BCUT2D eigenvalue weighted by atomic mass is 10.1. The van der Waals surface area contributed by atoms with Crippen LogP contribution in [0.2, 0.25) is 0 Å². The van der Waals surface area contributed by atoms with Crippen molar-refractivity contribution in [1.82, 2.24) is 9.97 Å². The van der Waals surface area contributed by atoms with Gasteiger partial charge in [-0.3, -0.25) is 0 Å². The third-order valence-electron chi connectivity index (χ3n) is 2.93. The number of aryl methyl sites for hydroxylation is 1. The summed E-state index contributed by atoms with van der Waals surface area (Å²) in [5, 5.41) is 11.9. The third kappa shape index (κ3) is 3.23. The second-order valence-corrected chi connectivity index (χ2v) is 4.61. The number of nitrogens with zero attached hydrogens (tertiary/aromatic N) is 4. The normalized spacial score (nSPS) is 9.90. The molecule has 0 aliphatic carbocycles. The molecule has 0 bridgehead atoms. The number of hydrogen-bond acceptors (Lipinski definition) is 5. The maximum atomic E-state index is 8.93. The predicted octanol–water partition coefficient (Wildman–Crippen LogP) is 2.33. The minimum atomic E-state index is 0.609. The maximum absolute atomic E-state index is 8.93. The van der Waals surface area contributed by atoms with Crippen molar-refractivity contribution in [1.29, 1.82) is 5.26 Å². The van der Waals surface area contributed by atoms with E-state index in [1.54, 1.807) is 13.1 Å². The molecule has 102 valence electrons. The quantitative estimate of drug-likeness (QED) is 0.921. The van der Waals surface area contributed by atoms with Gasteiger partial charge in [0.2, 0.25) is 5.95 Å². The molecule has 0 aliphatic rings. The van der Waals surface area contributed by atoms with Crippen molar-refractivity contribution < 1.29 is 0 Å². The first-order chi connectivity index (χ1) is 9.62. The minimum Gasteiger partial charge on any atom is -0.357 e. The van der Waals surface area contributed by atoms with E-state index >= 15 is 0 Å². The van der Waals surface area contributed by atoms with Crippen molar-refractivity contribution in [3.05, 3.63) is 47.2 Å². The SMILES string of the molecule is CNc1nc(C)cc(N(C)Cc2cccc(C#N)c2)n1. The molecule has 2 rings (SSSR count). The topological polar surface area (TPSA) is 64.8 Å². The summed E-state index contributed by atoms with van der Waals surface area (Å²) in [5.74, 6) is 1.46. The Morgan fingerprint density at radius 3 is 2.80 bits per heavy atom. The first-order valence-corrected chi connectivity index (χ1v) is 6.36. The summed E-state index contributed by atoms with van der Waals surface area (Å²) in [6, 6.07) is 11.7. The Hall–Kier alpha value is -2.61. The number of hydrogen-bond donors (Lipinski definition) is 1. The van der Waals surface area contributed by atoms with Crippen molar-refractivity contribution in [2.24, 2.45) is 0 Å². The van der Waals surface area contributed by atoms with Gasteiger partial charge in [-0.15, -0.1) is 0 Å². The molecule has 0 radical (unpaired) electrons. The fraction of sp³-hybridized carbons (Fsp3) is 0.267. The molecule has 5 heteroatoms. The largest absolute Gasteiger partial charge is 0.357 e. The lowest BCUT2D eigenvalue weighted by molar-refractivity contribution is 0.887. The summed E-state index contributed by atoms with van der Waals surface area (Å²) in [6.45, 7) is 2.63. The van der Waals surface area contributed by atoms with E-state index in [0.29, 0.717) is 18.1 Å². The highest BCUT2D eigenvalue weighted by molar-refractivity contribution is 5.45. The number of nitrogens with one attached hydrogen (secondary N) is 1. The molecule has 1 N–H and O–H groups in total. The van der Waals surface area contributed by atoms with E-state index in [2.05, 4.69) is 21.4 Å². The van der Waals surface area contributed by atoms with Crippen LogP contribution in [0.4, 0.5) is 11.8 Å². The highest BCUT2D eigenvalue weighted by Gasteiger charge is 2.07. The number of rotatable bonds is 4. The third-order valence-corrected chi connectivity index (χ3v) is 2.93. The van der Waals surface area contributed by atoms with Crippen LogP contribution >= 0.6 is 0 Å². The molecule has 1 aromatic heterocycles. The van der Waals surface area contributed by atoms with Gasteiger partial charge in [0.15, 0.2) is 0 Å². The Morgan fingerprint density at radius 1 is 1.30 bits per heavy atom. The highest BCUT2D eigenvalue weighted by atomic mass is 15.2. The molecule has 1 aromatic carbocycles. The van der Waals surface area contributed by atoms with Gasteiger partial charge in [0, 0.05) is 32.4 Å². The molecule has 0 unspecified atom stereocenters. The molecule has 20 heavy (non-hydrogen) atoms. The van der Waals surface area contributed by atoms with Crippen LogP contribution < -0.4 is 10.2 Å². The van der Waals surface area contributed by atoms with E-state index in [0.717, 1.165) is 17.1 Å². The monoisotopic (exact) mass is 267 g/mol. The lowest BCUT2D eigenvalue weighted by Crippen LogP contribution is -2.18. The summed E-state index contributed by atoms with van der Waals surface area (Å²) >= 11 is 0. The fourth-order valence-corrected chi connectivity index (χ4v) is 1.95. The van der Waals surface area contributed by atoms with Gasteiger partial charge in [-0.1, -0.05) is 12.1 Å². The van der Waals surface area contributed by atoms with Crippen LogP contribution in [-0.2, 0) is 6.54 Å². The van der Waals surface area contributed by atoms with Gasteiger partial charge in [0.25, 0.3) is 0 Å². The molecule has 0 aliphatic heterocycles. The van der Waals surface area contributed by atoms with Crippen molar-refractivity contribution in [3.8, 4) is 6.07 Å². The zero-order valence-corrected chi connectivity index (χ0v) is 11.9. The second-order valence-electron chi connectivity index (χ2n) is 4.61. The molecule has 5 nitrogen and oxygen atoms in total. The van der Waals surface area contributed by atoms with E-state index in [9.17, 15) is 0 Å². The van der Waals surface area contributed by atoms with Gasteiger partial charge in [-0.05, 0) is 24.6 Å². The molecule has 0 spiro atoms. The Kier molecular flexibility index (Phi) is 4.16. The summed E-state index contributed by atoms with van der Waals surface area (Å²) in [4.78, 5) is 10.7. The molecular formula is C15H17N5. The molecule has 0 amide bonds. The average molecular weight is 267 g/mol. The van der Waals surface area contributed by atoms with E-state index in [4.69, 9.17) is 5.26 Å². The summed E-state index contributed by atoms with van der Waals surface area (Å²) in [6.07, 6.45) is 0. The number of anilines is 2. The van der Waals surface area contributed by atoms with Crippen LogP contribution in [0.15, 0.2) is 30.3 Å². The lowest BCUT2D eigenvalue weighted by Gasteiger charge is -2.19. The Balaban J connectivity index is 2.21. The maximum Gasteiger partial charge on any atom is 0.224 e. The fourth-order valence-electron chi connectivity index (χ4n) is 1.95. The number of benzene rings is 1. The van der Waals surface area contributed by atoms with Gasteiger partial charge in [-0.2, -0.15) is 10.2 Å². The van der Waals surface area contributed by atoms with Crippen LogP contribution in [-0.4, -0.2) is 24.1 Å². The smallest absolute Gasteiger partial charge is 0.224 e. The first kappa shape index (κ1) is 13.8. The molecule has 1 heterocycles. The van der Waals surface area contributed by atoms with Crippen LogP contribution in [0.25, 0.3) is 0 Å². The minimum absolute atomic E-state index is 0.609. The van der Waals surface area contributed by atoms with E-state index in [1.165, 1.54) is 0 Å². The molecule has 0 saturated heterocycles. The highest BCUT2D eigenvalue weighted by Crippen LogP contribution is 2.16. The molecule has 0 saturated carbocycles. The molecule has 0 atom stereocenters. The Bertz CT molecular complexity index is 645. The molecule has 0 fully saturated rings. The van der Waals surface area contributed by atoms with Crippen LogP contribution in [0.1, 0.15) is 16.8 Å². The molecular weight excluding hydrogens is 250 g/mol. The van der Waals surface area contributed by atoms with Gasteiger partial charge in [0.05, 0.1) is 11.6 Å². The van der Waals surface area contributed by atoms with Crippen molar-refractivity contribution >= 4 is 11.8 Å². The van der Waals surface area contributed by atoms with E-state index in [1.807, 2.05) is 43.1 Å². The van der Waals surface area contributed by atoms with Crippen LogP contribution in [0, 0.1) is 18.3 Å². The molecule has 2 aromatic rings. The van der Waals surface area contributed by atoms with Gasteiger partial charge >= 0.3 is 0 Å². The predicted molar refractivity (Wildman–Crippen MR) is 79.6 cm³/mol. The van der Waals surface area contributed by atoms with Crippen LogP contribution in [0.3, 0.4) is 0 Å². The standard InChI is InChI=1S/C15H17N5/c1-11-7-14(19-15(17-2)18-11)20(3)10-13-6-4-5-12(8-13)9-16/h4-8H,10H2,1-3H3,(H,17,18,19). The number of aromatic nitrogens is 2. The average Bonchev–Trinajstić information content (AvgIpc) is 2.46. The second kappa shape index (κ2) is 6.02. The van der Waals surface area contributed by atoms with Gasteiger partial charge in [0.1, 0.15) is 5.82 Å². The zero-order chi connectivity index (χ0) is 14.5. The van der Waals surface area contributed by atoms with Crippen molar-refractivity contribution in [3.63, 3.8) is 0 Å². The summed E-state index contributed by atoms with van der Waals surface area (Å²) < 4.78 is 0. The van der Waals surface area contributed by atoms with Crippen LogP contribution in [0.5, 0.6) is 0 Å². The van der Waals surface area contributed by atoms with E-state index < -0.39 is 0 Å². The summed E-state index contributed by atoms with van der Waals surface area (Å²) in [7, 11) is 3.77. The van der Waals surface area contributed by atoms with Gasteiger partial charge < -0.3 is 10.2 Å². The van der Waals surface area contributed by atoms with Crippen molar-refractivity contribution in [2.75, 3.05) is 24.3 Å². The Morgan fingerprint density at radius 2 is 2.10 bits per heavy atom.